The van der Waals surface area contributed by atoms with E-state index < -0.39 is 0 Å². The van der Waals surface area contributed by atoms with Crippen LogP contribution in [-0.4, -0.2) is 44.9 Å². The van der Waals surface area contributed by atoms with Gasteiger partial charge in [-0.2, -0.15) is 0 Å². The zero-order valence-electron chi connectivity index (χ0n) is 18.5. The number of carbonyl (C=O) groups excluding carboxylic acids is 1. The molecule has 0 unspecified atom stereocenters. The van der Waals surface area contributed by atoms with Gasteiger partial charge in [-0.05, 0) is 49.3 Å². The van der Waals surface area contributed by atoms with Gasteiger partial charge in [0.25, 0.3) is 0 Å². The fourth-order valence-corrected chi connectivity index (χ4v) is 5.27. The first-order valence-corrected chi connectivity index (χ1v) is 11.9. The Balaban J connectivity index is 1.10. The molecule has 1 N–H and O–H groups in total. The van der Waals surface area contributed by atoms with Crippen LogP contribution in [0.5, 0.6) is 0 Å². The molecule has 1 saturated carbocycles. The van der Waals surface area contributed by atoms with Crippen molar-refractivity contribution in [2.45, 2.75) is 76.8 Å². The summed E-state index contributed by atoms with van der Waals surface area (Å²) < 4.78 is 21.2. The molecule has 2 aromatic rings. The molecule has 1 aromatic heterocycles. The largest absolute Gasteiger partial charge is 0.365 e. The monoisotopic (exact) mass is 441 g/mol. The molecule has 1 saturated heterocycles. The average Bonchev–Trinajstić information content (AvgIpc) is 3.45. The van der Waals surface area contributed by atoms with Gasteiger partial charge >= 0.3 is 0 Å². The molecule has 1 atom stereocenters. The number of nitrogens with zero attached hydrogens (tertiary/aromatic N) is 4. The second kappa shape index (κ2) is 9.67. The standard InChI is InChI=1S/C24H32FN5O2/c25-19-7-5-18(6-8-19)23-15-30-22(16-32-23)21(27-28-30)14-29-11-9-20(10-12-29)26-24(31)13-17-3-1-2-4-17/h5-8,17,20,23H,1-4,9-16H2,(H,26,31)/t23-/m0/s1. The molecule has 0 radical (unpaired) electrons. The van der Waals surface area contributed by atoms with Crippen LogP contribution in [-0.2, 0) is 29.2 Å². The Morgan fingerprint density at radius 1 is 1.12 bits per heavy atom. The second-order valence-corrected chi connectivity index (χ2v) is 9.49. The lowest BCUT2D eigenvalue weighted by Gasteiger charge is -2.32. The third kappa shape index (κ3) is 5.02. The van der Waals surface area contributed by atoms with Crippen molar-refractivity contribution in [2.24, 2.45) is 5.92 Å². The minimum Gasteiger partial charge on any atom is -0.365 e. The lowest BCUT2D eigenvalue weighted by atomic mass is 10.0. The number of amides is 1. The Morgan fingerprint density at radius 2 is 1.88 bits per heavy atom. The number of hydrogen-bond donors (Lipinski definition) is 1. The summed E-state index contributed by atoms with van der Waals surface area (Å²) in [5.74, 6) is 0.584. The highest BCUT2D eigenvalue weighted by Gasteiger charge is 2.28. The molecular weight excluding hydrogens is 409 g/mol. The number of nitrogens with one attached hydrogen (secondary N) is 1. The third-order valence-corrected chi connectivity index (χ3v) is 7.19. The van der Waals surface area contributed by atoms with Crippen molar-refractivity contribution >= 4 is 5.91 Å². The van der Waals surface area contributed by atoms with Crippen molar-refractivity contribution in [3.63, 3.8) is 0 Å². The molecule has 32 heavy (non-hydrogen) atoms. The Labute approximate surface area is 188 Å². The molecule has 0 spiro atoms. The van der Waals surface area contributed by atoms with Crippen LogP contribution in [0.25, 0.3) is 0 Å². The zero-order chi connectivity index (χ0) is 21.9. The number of ether oxygens (including phenoxy) is 1. The first kappa shape index (κ1) is 21.5. The molecule has 3 aliphatic rings. The summed E-state index contributed by atoms with van der Waals surface area (Å²) in [6.07, 6.45) is 7.49. The summed E-state index contributed by atoms with van der Waals surface area (Å²) in [6, 6.07) is 6.73. The van der Waals surface area contributed by atoms with Crippen LogP contribution in [0.4, 0.5) is 4.39 Å². The Morgan fingerprint density at radius 3 is 2.62 bits per heavy atom. The highest BCUT2D eigenvalue weighted by molar-refractivity contribution is 5.76. The smallest absolute Gasteiger partial charge is 0.220 e. The van der Waals surface area contributed by atoms with E-state index in [2.05, 4.69) is 20.5 Å². The summed E-state index contributed by atoms with van der Waals surface area (Å²) in [4.78, 5) is 14.7. The zero-order valence-corrected chi connectivity index (χ0v) is 18.5. The first-order valence-electron chi connectivity index (χ1n) is 11.9. The maximum absolute atomic E-state index is 13.2. The Kier molecular flexibility index (Phi) is 6.50. The first-order chi connectivity index (χ1) is 15.6. The molecule has 3 heterocycles. The van der Waals surface area contributed by atoms with Gasteiger partial charge in [0.1, 0.15) is 17.6 Å². The van der Waals surface area contributed by atoms with E-state index in [-0.39, 0.29) is 23.9 Å². The van der Waals surface area contributed by atoms with Crippen molar-refractivity contribution in [1.29, 1.82) is 0 Å². The quantitative estimate of drug-likeness (QED) is 0.744. The maximum atomic E-state index is 13.2. The fourth-order valence-electron chi connectivity index (χ4n) is 5.27. The highest BCUT2D eigenvalue weighted by atomic mass is 19.1. The predicted octanol–water partition coefficient (Wildman–Crippen LogP) is 3.35. The number of hydrogen-bond acceptors (Lipinski definition) is 5. The van der Waals surface area contributed by atoms with Crippen LogP contribution in [0.1, 0.15) is 68.0 Å². The minimum atomic E-state index is -0.245. The Hall–Kier alpha value is -2.32. The fraction of sp³-hybridized carbons (Fsp3) is 0.625. The van der Waals surface area contributed by atoms with E-state index in [0.717, 1.165) is 49.4 Å². The lowest BCUT2D eigenvalue weighted by molar-refractivity contribution is -0.123. The number of aromatic nitrogens is 3. The van der Waals surface area contributed by atoms with Crippen LogP contribution in [0.2, 0.25) is 0 Å². The molecule has 1 aromatic carbocycles. The normalized spacial score (nSPS) is 22.7. The number of fused-ring (bicyclic) bond motifs is 1. The van der Waals surface area contributed by atoms with Gasteiger partial charge in [0, 0.05) is 32.1 Å². The molecule has 2 fully saturated rings. The van der Waals surface area contributed by atoms with Gasteiger partial charge in [0.05, 0.1) is 18.8 Å². The van der Waals surface area contributed by atoms with E-state index in [0.29, 0.717) is 25.5 Å². The molecule has 7 nitrogen and oxygen atoms in total. The number of piperidine rings is 1. The van der Waals surface area contributed by atoms with Crippen LogP contribution in [0.3, 0.4) is 0 Å². The summed E-state index contributed by atoms with van der Waals surface area (Å²) in [7, 11) is 0. The maximum Gasteiger partial charge on any atom is 0.220 e. The van der Waals surface area contributed by atoms with Crippen molar-refractivity contribution in [3.8, 4) is 0 Å². The van der Waals surface area contributed by atoms with Crippen LogP contribution in [0.15, 0.2) is 24.3 Å². The van der Waals surface area contributed by atoms with Gasteiger partial charge in [-0.1, -0.05) is 30.2 Å². The summed E-state index contributed by atoms with van der Waals surface area (Å²) in [5.41, 5.74) is 2.94. The van der Waals surface area contributed by atoms with Gasteiger partial charge in [-0.15, -0.1) is 5.10 Å². The summed E-state index contributed by atoms with van der Waals surface area (Å²) in [5, 5.41) is 12.0. The molecular formula is C24H32FN5O2. The number of likely N-dealkylation sites (tertiary alicyclic amines) is 1. The molecule has 1 amide bonds. The second-order valence-electron chi connectivity index (χ2n) is 9.49. The van der Waals surface area contributed by atoms with E-state index in [1.54, 1.807) is 12.1 Å². The van der Waals surface area contributed by atoms with Gasteiger partial charge in [0.2, 0.25) is 5.91 Å². The molecule has 1 aliphatic carbocycles. The summed E-state index contributed by atoms with van der Waals surface area (Å²) in [6.45, 7) is 3.68. The summed E-state index contributed by atoms with van der Waals surface area (Å²) >= 11 is 0. The van der Waals surface area contributed by atoms with Crippen LogP contribution >= 0.6 is 0 Å². The van der Waals surface area contributed by atoms with Gasteiger partial charge in [-0.25, -0.2) is 9.07 Å². The topological polar surface area (TPSA) is 72.3 Å². The number of rotatable bonds is 6. The highest BCUT2D eigenvalue weighted by Crippen LogP contribution is 2.29. The molecule has 0 bridgehead atoms. The molecule has 172 valence electrons. The average molecular weight is 442 g/mol. The Bertz CT molecular complexity index is 917. The number of benzene rings is 1. The van der Waals surface area contributed by atoms with Crippen molar-refractivity contribution in [1.82, 2.24) is 25.2 Å². The van der Waals surface area contributed by atoms with Crippen molar-refractivity contribution in [3.05, 3.63) is 47.0 Å². The molecule has 8 heteroatoms. The number of carbonyl (C=O) groups is 1. The van der Waals surface area contributed by atoms with E-state index in [1.165, 1.54) is 37.8 Å². The van der Waals surface area contributed by atoms with E-state index in [4.69, 9.17) is 4.74 Å². The lowest BCUT2D eigenvalue weighted by Crippen LogP contribution is -2.44. The van der Waals surface area contributed by atoms with Crippen LogP contribution < -0.4 is 5.32 Å². The van der Waals surface area contributed by atoms with Gasteiger partial charge < -0.3 is 10.1 Å². The molecule has 5 rings (SSSR count). The van der Waals surface area contributed by atoms with Gasteiger partial charge in [-0.3, -0.25) is 9.69 Å². The van der Waals surface area contributed by atoms with Crippen LogP contribution in [0, 0.1) is 11.7 Å². The number of halogens is 1. The minimum absolute atomic E-state index is 0.138. The SMILES string of the molecule is O=C(CC1CCCC1)NC1CCN(Cc2nnn3c2CO[C@H](c2ccc(F)cc2)C3)CC1. The van der Waals surface area contributed by atoms with Crippen molar-refractivity contribution < 1.29 is 13.9 Å². The van der Waals surface area contributed by atoms with E-state index in [9.17, 15) is 9.18 Å². The van der Waals surface area contributed by atoms with E-state index in [1.807, 2.05) is 4.68 Å². The van der Waals surface area contributed by atoms with E-state index >= 15 is 0 Å². The van der Waals surface area contributed by atoms with Gasteiger partial charge in [0.15, 0.2) is 0 Å². The molecule has 2 aliphatic heterocycles. The van der Waals surface area contributed by atoms with Crippen molar-refractivity contribution in [2.75, 3.05) is 13.1 Å². The third-order valence-electron chi connectivity index (χ3n) is 7.19. The predicted molar refractivity (Wildman–Crippen MR) is 117 cm³/mol.